The minimum Gasteiger partial charge on any atom is -0.399 e. The predicted octanol–water partition coefficient (Wildman–Crippen LogP) is 1.96. The van der Waals surface area contributed by atoms with Crippen LogP contribution in [0.1, 0.15) is 20.8 Å². The van der Waals surface area contributed by atoms with Crippen molar-refractivity contribution in [3.8, 4) is 0 Å². The highest BCUT2D eigenvalue weighted by molar-refractivity contribution is 5.81. The van der Waals surface area contributed by atoms with Gasteiger partial charge >= 0.3 is 0 Å². The summed E-state index contributed by atoms with van der Waals surface area (Å²) in [5.41, 5.74) is 6.69. The van der Waals surface area contributed by atoms with E-state index in [1.165, 1.54) is 0 Å². The monoisotopic (exact) mass is 246 g/mol. The molecule has 0 saturated carbocycles. The van der Waals surface area contributed by atoms with Gasteiger partial charge in [0.05, 0.1) is 10.9 Å². The maximum absolute atomic E-state index is 11.9. The van der Waals surface area contributed by atoms with Crippen LogP contribution in [0.5, 0.6) is 0 Å². The van der Waals surface area contributed by atoms with Crippen LogP contribution in [0.4, 0.5) is 11.6 Å². The molecule has 0 radical (unpaired) electrons. The Hall–Kier alpha value is -2.04. The highest BCUT2D eigenvalue weighted by Gasteiger charge is 2.09. The molecule has 0 aliphatic heterocycles. The average molecular weight is 246 g/mol. The Morgan fingerprint density at radius 3 is 2.72 bits per heavy atom. The molecule has 0 fully saturated rings. The van der Waals surface area contributed by atoms with Crippen molar-refractivity contribution in [3.05, 3.63) is 28.6 Å². The number of benzene rings is 1. The first-order chi connectivity index (χ1) is 8.47. The third kappa shape index (κ3) is 2.45. The number of nitrogens with one attached hydrogen (secondary N) is 2. The molecular formula is C13H18N4O. The van der Waals surface area contributed by atoms with Crippen molar-refractivity contribution in [2.75, 3.05) is 11.1 Å². The molecule has 5 heteroatoms. The highest BCUT2D eigenvalue weighted by Crippen LogP contribution is 2.14. The molecule has 1 aromatic carbocycles. The Labute approximate surface area is 105 Å². The van der Waals surface area contributed by atoms with Crippen molar-refractivity contribution in [3.63, 3.8) is 0 Å². The zero-order chi connectivity index (χ0) is 13.3. The summed E-state index contributed by atoms with van der Waals surface area (Å²) in [5.74, 6) is 0.955. The van der Waals surface area contributed by atoms with Gasteiger partial charge in [0.15, 0.2) is 0 Å². The number of rotatable bonds is 3. The summed E-state index contributed by atoms with van der Waals surface area (Å²) >= 11 is 0. The van der Waals surface area contributed by atoms with Crippen molar-refractivity contribution in [1.82, 2.24) is 9.97 Å². The van der Waals surface area contributed by atoms with Crippen LogP contribution in [0.25, 0.3) is 10.9 Å². The molecule has 0 spiro atoms. The molecule has 0 aliphatic rings. The van der Waals surface area contributed by atoms with Gasteiger partial charge in [0.2, 0.25) is 5.95 Å². The van der Waals surface area contributed by atoms with Gasteiger partial charge in [0.25, 0.3) is 5.56 Å². The van der Waals surface area contributed by atoms with Crippen LogP contribution < -0.4 is 16.6 Å². The molecule has 96 valence electrons. The first-order valence-corrected chi connectivity index (χ1v) is 6.03. The normalized spacial score (nSPS) is 12.9. The summed E-state index contributed by atoms with van der Waals surface area (Å²) in [6, 6.07) is 5.37. The van der Waals surface area contributed by atoms with Crippen molar-refractivity contribution < 1.29 is 0 Å². The summed E-state index contributed by atoms with van der Waals surface area (Å²) in [5, 5.41) is 3.70. The predicted molar refractivity (Wildman–Crippen MR) is 74.7 cm³/mol. The van der Waals surface area contributed by atoms with Crippen LogP contribution in [-0.4, -0.2) is 16.0 Å². The van der Waals surface area contributed by atoms with E-state index in [4.69, 9.17) is 5.73 Å². The van der Waals surface area contributed by atoms with Crippen LogP contribution in [0, 0.1) is 5.92 Å². The molecular weight excluding hydrogens is 228 g/mol. The number of nitrogens with zero attached hydrogens (tertiary/aromatic N) is 1. The second-order valence-electron chi connectivity index (χ2n) is 4.87. The Morgan fingerprint density at radius 2 is 2.06 bits per heavy atom. The summed E-state index contributed by atoms with van der Waals surface area (Å²) in [6.45, 7) is 6.27. The molecule has 4 N–H and O–H groups in total. The van der Waals surface area contributed by atoms with Crippen molar-refractivity contribution in [2.24, 2.45) is 5.92 Å². The summed E-state index contributed by atoms with van der Waals surface area (Å²) in [7, 11) is 0. The van der Waals surface area contributed by atoms with E-state index in [9.17, 15) is 4.79 Å². The van der Waals surface area contributed by atoms with Crippen LogP contribution in [0.3, 0.4) is 0 Å². The van der Waals surface area contributed by atoms with E-state index in [0.29, 0.717) is 28.5 Å². The third-order valence-electron chi connectivity index (χ3n) is 3.09. The Balaban J connectivity index is 2.43. The molecule has 1 unspecified atom stereocenters. The number of anilines is 2. The van der Waals surface area contributed by atoms with Gasteiger partial charge in [-0.2, -0.15) is 0 Å². The number of nitrogen functional groups attached to an aromatic ring is 1. The lowest BCUT2D eigenvalue weighted by molar-refractivity contribution is 0.556. The van der Waals surface area contributed by atoms with Crippen LogP contribution in [0.15, 0.2) is 23.0 Å². The fraction of sp³-hybridized carbons (Fsp3) is 0.385. The lowest BCUT2D eigenvalue weighted by Crippen LogP contribution is -2.24. The van der Waals surface area contributed by atoms with Gasteiger partial charge < -0.3 is 11.1 Å². The van der Waals surface area contributed by atoms with E-state index in [-0.39, 0.29) is 11.6 Å². The molecule has 2 aromatic rings. The maximum atomic E-state index is 11.9. The molecule has 2 rings (SSSR count). The van der Waals surface area contributed by atoms with Crippen molar-refractivity contribution in [2.45, 2.75) is 26.8 Å². The molecule has 5 nitrogen and oxygen atoms in total. The zero-order valence-electron chi connectivity index (χ0n) is 10.8. The summed E-state index contributed by atoms with van der Waals surface area (Å²) in [6.07, 6.45) is 0. The van der Waals surface area contributed by atoms with Crippen molar-refractivity contribution >= 4 is 22.5 Å². The SMILES string of the molecule is CC(C)C(C)Nc1nc2ccc(N)cc2c(=O)[nH]1. The largest absolute Gasteiger partial charge is 0.399 e. The van der Waals surface area contributed by atoms with E-state index < -0.39 is 0 Å². The van der Waals surface area contributed by atoms with Gasteiger partial charge in [-0.3, -0.25) is 9.78 Å². The molecule has 1 aromatic heterocycles. The number of nitrogens with two attached hydrogens (primary N) is 1. The van der Waals surface area contributed by atoms with E-state index in [1.807, 2.05) is 0 Å². The first-order valence-electron chi connectivity index (χ1n) is 6.03. The zero-order valence-corrected chi connectivity index (χ0v) is 10.8. The molecule has 18 heavy (non-hydrogen) atoms. The van der Waals surface area contributed by atoms with E-state index in [0.717, 1.165) is 0 Å². The van der Waals surface area contributed by atoms with Gasteiger partial charge in [-0.15, -0.1) is 0 Å². The number of hydrogen-bond donors (Lipinski definition) is 3. The standard InChI is InChI=1S/C13H18N4O/c1-7(2)8(3)15-13-16-11-5-4-9(14)6-10(11)12(18)17-13/h4-8H,14H2,1-3H3,(H2,15,16,17,18). The number of H-pyrrole nitrogens is 1. The van der Waals surface area contributed by atoms with Gasteiger partial charge in [0, 0.05) is 11.7 Å². The van der Waals surface area contributed by atoms with Crippen molar-refractivity contribution in [1.29, 1.82) is 0 Å². The van der Waals surface area contributed by atoms with E-state index in [2.05, 4.69) is 36.1 Å². The van der Waals surface area contributed by atoms with E-state index in [1.54, 1.807) is 18.2 Å². The Bertz CT molecular complexity index is 618. The highest BCUT2D eigenvalue weighted by atomic mass is 16.1. The number of aromatic nitrogens is 2. The maximum Gasteiger partial charge on any atom is 0.260 e. The van der Waals surface area contributed by atoms with Gasteiger partial charge in [0.1, 0.15) is 0 Å². The van der Waals surface area contributed by atoms with Crippen LogP contribution >= 0.6 is 0 Å². The average Bonchev–Trinajstić information content (AvgIpc) is 2.30. The summed E-state index contributed by atoms with van der Waals surface area (Å²) < 4.78 is 0. The quantitative estimate of drug-likeness (QED) is 0.723. The van der Waals surface area contributed by atoms with Crippen LogP contribution in [0.2, 0.25) is 0 Å². The first kappa shape index (κ1) is 12.4. The van der Waals surface area contributed by atoms with Gasteiger partial charge in [-0.1, -0.05) is 13.8 Å². The van der Waals surface area contributed by atoms with Gasteiger partial charge in [-0.05, 0) is 31.0 Å². The van der Waals surface area contributed by atoms with Crippen LogP contribution in [-0.2, 0) is 0 Å². The topological polar surface area (TPSA) is 83.8 Å². The molecule has 0 amide bonds. The minimum atomic E-state index is -0.175. The minimum absolute atomic E-state index is 0.175. The van der Waals surface area contributed by atoms with E-state index >= 15 is 0 Å². The molecule has 1 atom stereocenters. The number of fused-ring (bicyclic) bond motifs is 1. The second-order valence-corrected chi connectivity index (χ2v) is 4.87. The molecule has 1 heterocycles. The lowest BCUT2D eigenvalue weighted by Gasteiger charge is -2.17. The fourth-order valence-corrected chi connectivity index (χ4v) is 1.61. The Morgan fingerprint density at radius 1 is 1.33 bits per heavy atom. The molecule has 0 aliphatic carbocycles. The smallest absolute Gasteiger partial charge is 0.260 e. The molecule has 0 bridgehead atoms. The second kappa shape index (κ2) is 4.68. The number of aromatic amines is 1. The lowest BCUT2D eigenvalue weighted by atomic mass is 10.1. The number of hydrogen-bond acceptors (Lipinski definition) is 4. The van der Waals surface area contributed by atoms with Gasteiger partial charge in [-0.25, -0.2) is 4.98 Å². The fourth-order valence-electron chi connectivity index (χ4n) is 1.61. The Kier molecular flexibility index (Phi) is 3.23. The molecule has 0 saturated heterocycles. The third-order valence-corrected chi connectivity index (χ3v) is 3.09. The summed E-state index contributed by atoms with van der Waals surface area (Å²) in [4.78, 5) is 19.0.